The molecule has 27 heavy (non-hydrogen) atoms. The number of hydrogen-bond acceptors (Lipinski definition) is 4. The summed E-state index contributed by atoms with van der Waals surface area (Å²) in [7, 11) is 0. The van der Waals surface area contributed by atoms with E-state index in [0.717, 1.165) is 5.56 Å². The Bertz CT molecular complexity index is 1160. The third-order valence-corrected chi connectivity index (χ3v) is 4.41. The molecule has 130 valence electrons. The van der Waals surface area contributed by atoms with Crippen molar-refractivity contribution >= 4 is 22.4 Å². The molecule has 0 saturated heterocycles. The molecule has 0 radical (unpaired) electrons. The Labute approximate surface area is 155 Å². The van der Waals surface area contributed by atoms with Crippen LogP contribution in [-0.4, -0.2) is 15.7 Å². The number of nitro groups is 1. The fourth-order valence-electron chi connectivity index (χ4n) is 3.20. The smallest absolute Gasteiger partial charge is 0.279 e. The van der Waals surface area contributed by atoms with Gasteiger partial charge >= 0.3 is 0 Å². The van der Waals surface area contributed by atoms with Gasteiger partial charge in [0.1, 0.15) is 0 Å². The molecule has 0 N–H and O–H groups in total. The maximum Gasteiger partial charge on any atom is 0.279 e. The highest BCUT2D eigenvalue weighted by molar-refractivity contribution is 6.17. The molecule has 0 aliphatic carbocycles. The van der Waals surface area contributed by atoms with E-state index in [1.54, 1.807) is 36.4 Å². The van der Waals surface area contributed by atoms with E-state index in [9.17, 15) is 14.9 Å². The first-order chi connectivity index (χ1) is 13.2. The van der Waals surface area contributed by atoms with E-state index in [1.165, 1.54) is 12.3 Å². The normalized spacial score (nSPS) is 10.7. The van der Waals surface area contributed by atoms with Crippen molar-refractivity contribution in [2.45, 2.75) is 0 Å². The maximum absolute atomic E-state index is 13.2. The van der Waals surface area contributed by atoms with Gasteiger partial charge in [-0.15, -0.1) is 0 Å². The Morgan fingerprint density at radius 1 is 0.852 bits per heavy atom. The number of fused-ring (bicyclic) bond motifs is 1. The van der Waals surface area contributed by atoms with E-state index in [1.807, 2.05) is 36.4 Å². The molecule has 0 saturated carbocycles. The van der Waals surface area contributed by atoms with Gasteiger partial charge in [0.05, 0.1) is 15.8 Å². The van der Waals surface area contributed by atoms with Crippen molar-refractivity contribution in [3.05, 3.63) is 106 Å². The predicted molar refractivity (Wildman–Crippen MR) is 104 cm³/mol. The number of carbonyl (C=O) groups excluding carboxylic acids is 1. The molecule has 5 nitrogen and oxygen atoms in total. The largest absolute Gasteiger partial charge is 0.289 e. The second-order valence-electron chi connectivity index (χ2n) is 6.04. The first-order valence-corrected chi connectivity index (χ1v) is 8.38. The molecule has 0 spiro atoms. The Balaban J connectivity index is 2.10. The number of hydrogen-bond donors (Lipinski definition) is 0. The summed E-state index contributed by atoms with van der Waals surface area (Å²) in [5.41, 5.74) is 2.53. The van der Waals surface area contributed by atoms with Crippen LogP contribution in [0.3, 0.4) is 0 Å². The molecule has 3 aromatic carbocycles. The van der Waals surface area contributed by atoms with Gasteiger partial charge in [0, 0.05) is 29.0 Å². The second-order valence-corrected chi connectivity index (χ2v) is 6.04. The van der Waals surface area contributed by atoms with Gasteiger partial charge in [-0.05, 0) is 11.6 Å². The molecule has 4 aromatic rings. The lowest BCUT2D eigenvalue weighted by Crippen LogP contribution is -2.06. The minimum atomic E-state index is -0.437. The number of nitro benzene ring substituents is 1. The van der Waals surface area contributed by atoms with Crippen LogP contribution >= 0.6 is 0 Å². The van der Waals surface area contributed by atoms with Crippen LogP contribution in [0, 0.1) is 10.1 Å². The number of rotatable bonds is 4. The Kier molecular flexibility index (Phi) is 4.18. The summed E-state index contributed by atoms with van der Waals surface area (Å²) in [4.78, 5) is 28.7. The summed E-state index contributed by atoms with van der Waals surface area (Å²) in [5, 5.41) is 12.0. The van der Waals surface area contributed by atoms with Crippen LogP contribution in [0.1, 0.15) is 15.9 Å². The van der Waals surface area contributed by atoms with Crippen molar-refractivity contribution in [1.29, 1.82) is 0 Å². The molecular weight excluding hydrogens is 340 g/mol. The molecule has 0 amide bonds. The second kappa shape index (κ2) is 6.80. The number of non-ortho nitro benzene ring substituents is 1. The van der Waals surface area contributed by atoms with Gasteiger partial charge in [0.15, 0.2) is 5.78 Å². The van der Waals surface area contributed by atoms with Gasteiger partial charge in [0.25, 0.3) is 5.69 Å². The van der Waals surface area contributed by atoms with E-state index in [2.05, 4.69) is 4.98 Å². The van der Waals surface area contributed by atoms with Gasteiger partial charge in [-0.3, -0.25) is 19.9 Å². The molecule has 5 heteroatoms. The van der Waals surface area contributed by atoms with E-state index in [-0.39, 0.29) is 11.5 Å². The van der Waals surface area contributed by atoms with Crippen LogP contribution in [0.25, 0.3) is 22.0 Å². The molecule has 0 fully saturated rings. The number of ketones is 1. The van der Waals surface area contributed by atoms with Crippen LogP contribution in [0.4, 0.5) is 5.69 Å². The van der Waals surface area contributed by atoms with Gasteiger partial charge in [0.2, 0.25) is 0 Å². The minimum Gasteiger partial charge on any atom is -0.289 e. The highest BCUT2D eigenvalue weighted by Gasteiger charge is 2.23. The lowest BCUT2D eigenvalue weighted by molar-refractivity contribution is -0.383. The Morgan fingerprint density at radius 3 is 2.19 bits per heavy atom. The van der Waals surface area contributed by atoms with Crippen LogP contribution < -0.4 is 0 Å². The topological polar surface area (TPSA) is 73.1 Å². The number of benzene rings is 3. The zero-order valence-electron chi connectivity index (χ0n) is 14.2. The zero-order chi connectivity index (χ0) is 18.8. The van der Waals surface area contributed by atoms with E-state index in [4.69, 9.17) is 0 Å². The molecular formula is C22H14N2O3. The standard InChI is InChI=1S/C22H14N2O3/c25-22(16-10-5-2-6-11-16)17-14-23-18-12-7-13-19(24(26)27)21(18)20(17)15-8-3-1-4-9-15/h1-14H. The van der Waals surface area contributed by atoms with E-state index in [0.29, 0.717) is 27.6 Å². The number of aromatic nitrogens is 1. The summed E-state index contributed by atoms with van der Waals surface area (Å²) in [5.74, 6) is -0.220. The number of nitrogens with zero attached hydrogens (tertiary/aromatic N) is 2. The Morgan fingerprint density at radius 2 is 1.52 bits per heavy atom. The van der Waals surface area contributed by atoms with E-state index >= 15 is 0 Å². The van der Waals surface area contributed by atoms with Crippen molar-refractivity contribution < 1.29 is 9.72 Å². The zero-order valence-corrected chi connectivity index (χ0v) is 14.2. The molecule has 0 aliphatic rings. The van der Waals surface area contributed by atoms with Crippen LogP contribution in [0.2, 0.25) is 0 Å². The van der Waals surface area contributed by atoms with Crippen molar-refractivity contribution in [1.82, 2.24) is 4.98 Å². The quantitative estimate of drug-likeness (QED) is 0.292. The third-order valence-electron chi connectivity index (χ3n) is 4.41. The summed E-state index contributed by atoms with van der Waals surface area (Å²) in [6.07, 6.45) is 1.50. The average Bonchev–Trinajstić information content (AvgIpc) is 2.73. The van der Waals surface area contributed by atoms with Crippen LogP contribution in [0.5, 0.6) is 0 Å². The highest BCUT2D eigenvalue weighted by atomic mass is 16.6. The molecule has 0 bridgehead atoms. The lowest BCUT2D eigenvalue weighted by Gasteiger charge is -2.12. The average molecular weight is 354 g/mol. The van der Waals surface area contributed by atoms with Gasteiger partial charge in [-0.2, -0.15) is 0 Å². The molecule has 4 rings (SSSR count). The fourth-order valence-corrected chi connectivity index (χ4v) is 3.20. The molecule has 0 unspecified atom stereocenters. The monoisotopic (exact) mass is 354 g/mol. The summed E-state index contributed by atoms with van der Waals surface area (Å²) in [6, 6.07) is 22.8. The van der Waals surface area contributed by atoms with Gasteiger partial charge < -0.3 is 0 Å². The van der Waals surface area contributed by atoms with Gasteiger partial charge in [-0.1, -0.05) is 66.7 Å². The van der Waals surface area contributed by atoms with Crippen LogP contribution in [-0.2, 0) is 0 Å². The first kappa shape index (κ1) is 16.6. The number of carbonyl (C=O) groups is 1. The molecule has 0 aliphatic heterocycles. The van der Waals surface area contributed by atoms with Crippen molar-refractivity contribution in [3.8, 4) is 11.1 Å². The Hall–Kier alpha value is -3.86. The summed E-state index contributed by atoms with van der Waals surface area (Å²) < 4.78 is 0. The maximum atomic E-state index is 13.2. The SMILES string of the molecule is O=C(c1ccccc1)c1cnc2cccc([N+](=O)[O-])c2c1-c1ccccc1. The summed E-state index contributed by atoms with van der Waals surface area (Å²) in [6.45, 7) is 0. The summed E-state index contributed by atoms with van der Waals surface area (Å²) >= 11 is 0. The van der Waals surface area contributed by atoms with Crippen molar-refractivity contribution in [3.63, 3.8) is 0 Å². The minimum absolute atomic E-state index is 0.0680. The fraction of sp³-hybridized carbons (Fsp3) is 0. The van der Waals surface area contributed by atoms with Gasteiger partial charge in [-0.25, -0.2) is 0 Å². The van der Waals surface area contributed by atoms with Crippen molar-refractivity contribution in [2.24, 2.45) is 0 Å². The molecule has 0 atom stereocenters. The van der Waals surface area contributed by atoms with Crippen molar-refractivity contribution in [2.75, 3.05) is 0 Å². The molecule has 1 aromatic heterocycles. The van der Waals surface area contributed by atoms with Crippen LogP contribution in [0.15, 0.2) is 85.1 Å². The highest BCUT2D eigenvalue weighted by Crippen LogP contribution is 2.37. The lowest BCUT2D eigenvalue weighted by atomic mass is 9.91. The number of pyridine rings is 1. The molecule has 1 heterocycles. The van der Waals surface area contributed by atoms with E-state index < -0.39 is 4.92 Å². The predicted octanol–water partition coefficient (Wildman–Crippen LogP) is 5.04. The first-order valence-electron chi connectivity index (χ1n) is 8.38. The third kappa shape index (κ3) is 2.95.